The van der Waals surface area contributed by atoms with Crippen LogP contribution in [0.4, 0.5) is 23.4 Å². The number of hydrogen-bond donors (Lipinski definition) is 1. The molecule has 1 N–H and O–H groups in total. The second-order valence-electron chi connectivity index (χ2n) is 4.51. The molecule has 120 valence electrons. The first-order valence-corrected chi connectivity index (χ1v) is 6.78. The van der Waals surface area contributed by atoms with Crippen molar-refractivity contribution in [2.24, 2.45) is 0 Å². The van der Waals surface area contributed by atoms with Gasteiger partial charge in [0.2, 0.25) is 5.82 Å². The number of fused-ring (bicyclic) bond motifs is 1. The Morgan fingerprint density at radius 3 is 2.68 bits per heavy atom. The molecule has 1 heterocycles. The van der Waals surface area contributed by atoms with Crippen LogP contribution in [0.3, 0.4) is 0 Å². The molecular formula is C14H15F4N3O. The third kappa shape index (κ3) is 3.82. The predicted molar refractivity (Wildman–Crippen MR) is 74.1 cm³/mol. The Bertz CT molecular complexity index is 646. The monoisotopic (exact) mass is 317 g/mol. The maximum absolute atomic E-state index is 13.7. The summed E-state index contributed by atoms with van der Waals surface area (Å²) < 4.78 is 57.3. The van der Waals surface area contributed by atoms with Gasteiger partial charge in [-0.3, -0.25) is 0 Å². The summed E-state index contributed by atoms with van der Waals surface area (Å²) in [6.07, 6.45) is -4.14. The summed E-state index contributed by atoms with van der Waals surface area (Å²) in [5, 5.41) is 3.00. The molecule has 2 rings (SSSR count). The molecule has 0 aliphatic carbocycles. The summed E-state index contributed by atoms with van der Waals surface area (Å²) in [7, 11) is 0. The molecule has 2 aromatic rings. The second-order valence-corrected chi connectivity index (χ2v) is 4.51. The molecular weight excluding hydrogens is 302 g/mol. The number of halogens is 4. The van der Waals surface area contributed by atoms with Crippen LogP contribution in [-0.4, -0.2) is 29.7 Å². The number of anilines is 1. The van der Waals surface area contributed by atoms with E-state index in [9.17, 15) is 17.6 Å². The summed E-state index contributed by atoms with van der Waals surface area (Å²) in [4.78, 5) is 6.76. The summed E-state index contributed by atoms with van der Waals surface area (Å²) >= 11 is 0. The molecule has 0 aliphatic heterocycles. The van der Waals surface area contributed by atoms with E-state index in [1.165, 1.54) is 12.1 Å². The minimum atomic E-state index is -4.74. The van der Waals surface area contributed by atoms with E-state index in [0.29, 0.717) is 26.2 Å². The van der Waals surface area contributed by atoms with Crippen molar-refractivity contribution in [1.29, 1.82) is 0 Å². The number of alkyl halides is 3. The highest BCUT2D eigenvalue weighted by Gasteiger charge is 2.35. The molecule has 0 bridgehead atoms. The van der Waals surface area contributed by atoms with Crippen LogP contribution in [0.15, 0.2) is 18.2 Å². The molecule has 1 aromatic carbocycles. The first-order chi connectivity index (χ1) is 10.4. The number of nitrogens with zero attached hydrogens (tertiary/aromatic N) is 2. The van der Waals surface area contributed by atoms with Crippen molar-refractivity contribution in [3.63, 3.8) is 0 Å². The van der Waals surface area contributed by atoms with Crippen LogP contribution in [0.2, 0.25) is 0 Å². The van der Waals surface area contributed by atoms with Crippen LogP contribution in [-0.2, 0) is 10.9 Å². The number of aromatic nitrogens is 2. The van der Waals surface area contributed by atoms with Crippen LogP contribution in [0.25, 0.3) is 10.9 Å². The Kier molecular flexibility index (Phi) is 5.12. The molecule has 0 saturated heterocycles. The molecule has 22 heavy (non-hydrogen) atoms. The molecule has 0 radical (unpaired) electrons. The van der Waals surface area contributed by atoms with Crippen LogP contribution in [0.5, 0.6) is 0 Å². The molecule has 1 aromatic heterocycles. The molecule has 0 unspecified atom stereocenters. The lowest BCUT2D eigenvalue weighted by Gasteiger charge is -2.12. The third-order valence-corrected chi connectivity index (χ3v) is 2.89. The lowest BCUT2D eigenvalue weighted by Crippen LogP contribution is -2.15. The lowest BCUT2D eigenvalue weighted by atomic mass is 10.2. The zero-order valence-corrected chi connectivity index (χ0v) is 11.9. The maximum Gasteiger partial charge on any atom is 0.451 e. The predicted octanol–water partition coefficient (Wildman–Crippen LogP) is 3.63. The fourth-order valence-corrected chi connectivity index (χ4v) is 1.90. The number of para-hydroxylation sites is 1. The Morgan fingerprint density at radius 1 is 1.23 bits per heavy atom. The van der Waals surface area contributed by atoms with E-state index in [2.05, 4.69) is 15.3 Å². The van der Waals surface area contributed by atoms with Gasteiger partial charge < -0.3 is 10.1 Å². The largest absolute Gasteiger partial charge is 0.451 e. The highest BCUT2D eigenvalue weighted by molar-refractivity contribution is 5.89. The molecule has 0 aliphatic rings. The summed E-state index contributed by atoms with van der Waals surface area (Å²) in [6.45, 7) is 3.26. The van der Waals surface area contributed by atoms with Crippen LogP contribution < -0.4 is 5.32 Å². The van der Waals surface area contributed by atoms with Crippen molar-refractivity contribution in [2.45, 2.75) is 19.5 Å². The van der Waals surface area contributed by atoms with E-state index < -0.39 is 17.8 Å². The Labute approximate surface area is 124 Å². The zero-order chi connectivity index (χ0) is 16.2. The van der Waals surface area contributed by atoms with Gasteiger partial charge in [0.05, 0.1) is 0 Å². The van der Waals surface area contributed by atoms with Gasteiger partial charge in [-0.15, -0.1) is 0 Å². The Balaban J connectivity index is 2.32. The fourth-order valence-electron chi connectivity index (χ4n) is 1.90. The van der Waals surface area contributed by atoms with Crippen molar-refractivity contribution >= 4 is 16.7 Å². The van der Waals surface area contributed by atoms with Crippen molar-refractivity contribution in [3.05, 3.63) is 29.8 Å². The average molecular weight is 317 g/mol. The molecule has 0 atom stereocenters. The SMILES string of the molecule is CCOCCCNc1nc(C(F)(F)F)nc2c(F)cccc12. The van der Waals surface area contributed by atoms with Crippen molar-refractivity contribution < 1.29 is 22.3 Å². The first-order valence-electron chi connectivity index (χ1n) is 6.78. The van der Waals surface area contributed by atoms with Crippen molar-refractivity contribution in [3.8, 4) is 0 Å². The molecule has 0 fully saturated rings. The average Bonchev–Trinajstić information content (AvgIpc) is 2.46. The first kappa shape index (κ1) is 16.4. The maximum atomic E-state index is 13.7. The van der Waals surface area contributed by atoms with Gasteiger partial charge in [0.15, 0.2) is 0 Å². The zero-order valence-electron chi connectivity index (χ0n) is 11.9. The normalized spacial score (nSPS) is 11.9. The van der Waals surface area contributed by atoms with Gasteiger partial charge in [-0.1, -0.05) is 6.07 Å². The van der Waals surface area contributed by atoms with Gasteiger partial charge in [-0.25, -0.2) is 14.4 Å². The van der Waals surface area contributed by atoms with Crippen LogP contribution in [0.1, 0.15) is 19.2 Å². The minimum Gasteiger partial charge on any atom is -0.382 e. The number of rotatable bonds is 6. The summed E-state index contributed by atoms with van der Waals surface area (Å²) in [5.74, 6) is -2.21. The van der Waals surface area contributed by atoms with Gasteiger partial charge in [-0.05, 0) is 25.5 Å². The third-order valence-electron chi connectivity index (χ3n) is 2.89. The van der Waals surface area contributed by atoms with Crippen molar-refractivity contribution in [1.82, 2.24) is 9.97 Å². The number of ether oxygens (including phenoxy) is 1. The summed E-state index contributed by atoms with van der Waals surface area (Å²) in [6, 6.07) is 3.94. The van der Waals surface area contributed by atoms with Gasteiger partial charge in [0.1, 0.15) is 17.2 Å². The Hall–Kier alpha value is -1.96. The number of benzene rings is 1. The standard InChI is InChI=1S/C14H15F4N3O/c1-2-22-8-4-7-19-12-9-5-3-6-10(15)11(9)20-13(21-12)14(16,17)18/h3,5-6H,2,4,7-8H2,1H3,(H,19,20,21). The van der Waals surface area contributed by atoms with E-state index in [1.807, 2.05) is 6.92 Å². The second kappa shape index (κ2) is 6.87. The lowest BCUT2D eigenvalue weighted by molar-refractivity contribution is -0.144. The highest BCUT2D eigenvalue weighted by atomic mass is 19.4. The molecule has 0 spiro atoms. The topological polar surface area (TPSA) is 47.0 Å². The minimum absolute atomic E-state index is 0.0340. The van der Waals surface area contributed by atoms with Gasteiger partial charge in [0, 0.05) is 25.1 Å². The van der Waals surface area contributed by atoms with Gasteiger partial charge >= 0.3 is 6.18 Å². The van der Waals surface area contributed by atoms with E-state index in [4.69, 9.17) is 4.74 Å². The molecule has 0 saturated carbocycles. The molecule has 8 heteroatoms. The van der Waals surface area contributed by atoms with Crippen molar-refractivity contribution in [2.75, 3.05) is 25.1 Å². The quantitative estimate of drug-likeness (QED) is 0.653. The van der Waals surface area contributed by atoms with E-state index in [-0.39, 0.29) is 16.7 Å². The van der Waals surface area contributed by atoms with E-state index >= 15 is 0 Å². The molecule has 4 nitrogen and oxygen atoms in total. The number of hydrogen-bond acceptors (Lipinski definition) is 4. The van der Waals surface area contributed by atoms with Gasteiger partial charge in [-0.2, -0.15) is 13.2 Å². The van der Waals surface area contributed by atoms with Gasteiger partial charge in [0.25, 0.3) is 0 Å². The Morgan fingerprint density at radius 2 is 2.00 bits per heavy atom. The number of nitrogens with one attached hydrogen (secondary N) is 1. The summed E-state index contributed by atoms with van der Waals surface area (Å²) in [5.41, 5.74) is -0.350. The van der Waals surface area contributed by atoms with Crippen LogP contribution >= 0.6 is 0 Å². The molecule has 0 amide bonds. The smallest absolute Gasteiger partial charge is 0.382 e. The van der Waals surface area contributed by atoms with E-state index in [1.54, 1.807) is 0 Å². The fraction of sp³-hybridized carbons (Fsp3) is 0.429. The van der Waals surface area contributed by atoms with E-state index in [0.717, 1.165) is 6.07 Å². The van der Waals surface area contributed by atoms with Crippen LogP contribution in [0, 0.1) is 5.82 Å². The highest BCUT2D eigenvalue weighted by Crippen LogP contribution is 2.31.